The quantitative estimate of drug-likeness (QED) is 0.695. The highest BCUT2D eigenvalue weighted by Crippen LogP contribution is 2.37. The normalized spacial score (nSPS) is 17.7. The highest BCUT2D eigenvalue weighted by atomic mass is 16.5. The maximum absolute atomic E-state index is 12.3. The molecule has 2 aromatic heterocycles. The van der Waals surface area contributed by atoms with Gasteiger partial charge in [0.25, 0.3) is 0 Å². The van der Waals surface area contributed by atoms with E-state index in [2.05, 4.69) is 22.4 Å². The van der Waals surface area contributed by atoms with Crippen LogP contribution in [0.4, 0.5) is 10.5 Å². The van der Waals surface area contributed by atoms with E-state index in [9.17, 15) is 9.59 Å². The van der Waals surface area contributed by atoms with E-state index in [0.29, 0.717) is 36.2 Å². The standard InChI is InChI=1S/C21H23N5O3/c1-14-8-16(14)13-29-21(28)23-17-5-3-4-15(9-17)10-19-20(27)6-7-26(24-19)18-11-22-25(2)12-18/h3-7,9,11-12,14,16H,8,10,13H2,1-2H3,(H,23,28). The van der Waals surface area contributed by atoms with Gasteiger partial charge in [0, 0.05) is 31.4 Å². The molecule has 4 rings (SSSR count). The second kappa shape index (κ2) is 7.90. The summed E-state index contributed by atoms with van der Waals surface area (Å²) in [6.45, 7) is 2.60. The molecule has 1 aliphatic rings. The van der Waals surface area contributed by atoms with Crippen molar-refractivity contribution >= 4 is 11.8 Å². The van der Waals surface area contributed by atoms with Crippen molar-refractivity contribution in [3.63, 3.8) is 0 Å². The zero-order chi connectivity index (χ0) is 20.4. The average Bonchev–Trinajstić information content (AvgIpc) is 3.23. The predicted molar refractivity (Wildman–Crippen MR) is 108 cm³/mol. The smallest absolute Gasteiger partial charge is 0.411 e. The van der Waals surface area contributed by atoms with Crippen molar-refractivity contribution in [3.8, 4) is 5.69 Å². The molecule has 3 aromatic rings. The van der Waals surface area contributed by atoms with E-state index >= 15 is 0 Å². The Kier molecular flexibility index (Phi) is 5.16. The number of aromatic nitrogens is 4. The number of hydrogen-bond donors (Lipinski definition) is 1. The van der Waals surface area contributed by atoms with E-state index in [-0.39, 0.29) is 5.43 Å². The Bertz CT molecular complexity index is 1090. The highest BCUT2D eigenvalue weighted by molar-refractivity contribution is 5.84. The van der Waals surface area contributed by atoms with Crippen LogP contribution in [0.3, 0.4) is 0 Å². The Hall–Kier alpha value is -3.42. The summed E-state index contributed by atoms with van der Waals surface area (Å²) in [5.74, 6) is 1.12. The number of rotatable bonds is 6. The van der Waals surface area contributed by atoms with Crippen molar-refractivity contribution in [2.24, 2.45) is 18.9 Å². The molecule has 0 radical (unpaired) electrons. The predicted octanol–water partition coefficient (Wildman–Crippen LogP) is 2.76. The molecule has 2 heterocycles. The van der Waals surface area contributed by atoms with E-state index in [1.165, 1.54) is 6.07 Å². The molecule has 29 heavy (non-hydrogen) atoms. The molecule has 0 bridgehead atoms. The zero-order valence-electron chi connectivity index (χ0n) is 16.4. The Morgan fingerprint density at radius 1 is 1.34 bits per heavy atom. The van der Waals surface area contributed by atoms with Gasteiger partial charge in [-0.05, 0) is 36.0 Å². The minimum absolute atomic E-state index is 0.138. The van der Waals surface area contributed by atoms with Crippen LogP contribution in [0.5, 0.6) is 0 Å². The third kappa shape index (κ3) is 4.71. The molecule has 1 aliphatic carbocycles. The first kappa shape index (κ1) is 18.9. The Morgan fingerprint density at radius 3 is 2.90 bits per heavy atom. The third-order valence-corrected chi connectivity index (χ3v) is 5.09. The first-order chi connectivity index (χ1) is 14.0. The van der Waals surface area contributed by atoms with Gasteiger partial charge in [-0.1, -0.05) is 19.1 Å². The van der Waals surface area contributed by atoms with Gasteiger partial charge in [-0.15, -0.1) is 0 Å². The van der Waals surface area contributed by atoms with Gasteiger partial charge in [0.15, 0.2) is 0 Å². The number of ether oxygens (including phenoxy) is 1. The summed E-state index contributed by atoms with van der Waals surface area (Å²) in [5.41, 5.74) is 2.55. The lowest BCUT2D eigenvalue weighted by molar-refractivity contribution is 0.154. The fourth-order valence-electron chi connectivity index (χ4n) is 3.16. The van der Waals surface area contributed by atoms with Gasteiger partial charge in [-0.2, -0.15) is 10.2 Å². The molecule has 0 aliphatic heterocycles. The van der Waals surface area contributed by atoms with Crippen molar-refractivity contribution in [2.75, 3.05) is 11.9 Å². The number of carbonyl (C=O) groups is 1. The van der Waals surface area contributed by atoms with Crippen LogP contribution in [0, 0.1) is 11.8 Å². The maximum Gasteiger partial charge on any atom is 0.411 e. The monoisotopic (exact) mass is 393 g/mol. The molecular formula is C21H23N5O3. The number of anilines is 1. The van der Waals surface area contributed by atoms with Crippen LogP contribution in [-0.4, -0.2) is 32.3 Å². The molecule has 1 saturated carbocycles. The summed E-state index contributed by atoms with van der Waals surface area (Å²) in [6.07, 6.45) is 6.13. The molecule has 150 valence electrons. The molecule has 2 atom stereocenters. The Labute approximate surface area is 168 Å². The Morgan fingerprint density at radius 2 is 2.17 bits per heavy atom. The van der Waals surface area contributed by atoms with Crippen LogP contribution in [0.25, 0.3) is 5.69 Å². The number of nitrogens with zero attached hydrogens (tertiary/aromatic N) is 4. The van der Waals surface area contributed by atoms with Gasteiger partial charge in [0.1, 0.15) is 11.4 Å². The lowest BCUT2D eigenvalue weighted by atomic mass is 10.1. The number of carbonyl (C=O) groups excluding carboxylic acids is 1. The van der Waals surface area contributed by atoms with Gasteiger partial charge >= 0.3 is 6.09 Å². The minimum atomic E-state index is -0.460. The van der Waals surface area contributed by atoms with E-state index in [0.717, 1.165) is 17.7 Å². The molecule has 8 nitrogen and oxygen atoms in total. The molecule has 8 heteroatoms. The summed E-state index contributed by atoms with van der Waals surface area (Å²) in [6, 6.07) is 8.83. The van der Waals surface area contributed by atoms with Crippen LogP contribution in [0.15, 0.2) is 53.7 Å². The molecule has 2 unspecified atom stereocenters. The summed E-state index contributed by atoms with van der Waals surface area (Å²) in [5, 5.41) is 11.3. The van der Waals surface area contributed by atoms with E-state index in [1.807, 2.05) is 31.4 Å². The van der Waals surface area contributed by atoms with Gasteiger partial charge in [-0.25, -0.2) is 9.48 Å². The second-order valence-electron chi connectivity index (χ2n) is 7.52. The molecule has 0 spiro atoms. The van der Waals surface area contributed by atoms with Crippen LogP contribution in [0.1, 0.15) is 24.6 Å². The molecule has 1 aromatic carbocycles. The second-order valence-corrected chi connectivity index (χ2v) is 7.52. The van der Waals surface area contributed by atoms with Crippen LogP contribution >= 0.6 is 0 Å². The fourth-order valence-corrected chi connectivity index (χ4v) is 3.16. The van der Waals surface area contributed by atoms with Gasteiger partial charge in [0.05, 0.1) is 19.0 Å². The zero-order valence-corrected chi connectivity index (χ0v) is 16.4. The van der Waals surface area contributed by atoms with Crippen molar-refractivity contribution in [1.82, 2.24) is 19.6 Å². The van der Waals surface area contributed by atoms with Gasteiger partial charge in [-0.3, -0.25) is 14.8 Å². The maximum atomic E-state index is 12.3. The topological polar surface area (TPSA) is 91.0 Å². The summed E-state index contributed by atoms with van der Waals surface area (Å²) in [4.78, 5) is 24.2. The first-order valence-electron chi connectivity index (χ1n) is 9.58. The third-order valence-electron chi connectivity index (χ3n) is 5.09. The van der Waals surface area contributed by atoms with Crippen molar-refractivity contribution < 1.29 is 9.53 Å². The molecule has 0 saturated heterocycles. The van der Waals surface area contributed by atoms with Crippen molar-refractivity contribution in [3.05, 3.63) is 70.4 Å². The molecule has 1 amide bonds. The van der Waals surface area contributed by atoms with Gasteiger partial charge < -0.3 is 4.74 Å². The van der Waals surface area contributed by atoms with E-state index in [1.54, 1.807) is 27.8 Å². The number of amides is 1. The van der Waals surface area contributed by atoms with Crippen LogP contribution in [-0.2, 0) is 18.2 Å². The fraction of sp³-hybridized carbons (Fsp3) is 0.333. The SMILES string of the molecule is CC1CC1COC(=O)Nc1cccc(Cc2nn(-c3cnn(C)c3)ccc2=O)c1. The molecular weight excluding hydrogens is 370 g/mol. The summed E-state index contributed by atoms with van der Waals surface area (Å²) >= 11 is 0. The lowest BCUT2D eigenvalue weighted by Crippen LogP contribution is -2.17. The van der Waals surface area contributed by atoms with E-state index in [4.69, 9.17) is 4.74 Å². The number of benzene rings is 1. The molecule has 1 fully saturated rings. The van der Waals surface area contributed by atoms with Crippen LogP contribution < -0.4 is 10.7 Å². The van der Waals surface area contributed by atoms with Gasteiger partial charge in [0.2, 0.25) is 5.43 Å². The van der Waals surface area contributed by atoms with Crippen molar-refractivity contribution in [1.29, 1.82) is 0 Å². The Balaban J connectivity index is 1.45. The summed E-state index contributed by atoms with van der Waals surface area (Å²) < 4.78 is 8.56. The highest BCUT2D eigenvalue weighted by Gasteiger charge is 2.33. The van der Waals surface area contributed by atoms with Crippen molar-refractivity contribution in [2.45, 2.75) is 19.8 Å². The average molecular weight is 393 g/mol. The largest absolute Gasteiger partial charge is 0.449 e. The number of nitrogens with one attached hydrogen (secondary N) is 1. The van der Waals surface area contributed by atoms with Crippen LogP contribution in [0.2, 0.25) is 0 Å². The number of aryl methyl sites for hydroxylation is 1. The lowest BCUT2D eigenvalue weighted by Gasteiger charge is -2.09. The molecule has 1 N–H and O–H groups in total. The summed E-state index contributed by atoms with van der Waals surface area (Å²) in [7, 11) is 1.82. The number of hydrogen-bond acceptors (Lipinski definition) is 5. The van der Waals surface area contributed by atoms with E-state index < -0.39 is 6.09 Å². The minimum Gasteiger partial charge on any atom is -0.449 e. The first-order valence-corrected chi connectivity index (χ1v) is 9.58.